The van der Waals surface area contributed by atoms with Crippen LogP contribution >= 0.6 is 0 Å². The molecule has 0 heterocycles. The van der Waals surface area contributed by atoms with E-state index in [0.29, 0.717) is 18.2 Å². The summed E-state index contributed by atoms with van der Waals surface area (Å²) in [5, 5.41) is 5.84. The van der Waals surface area contributed by atoms with Crippen molar-refractivity contribution in [2.45, 2.75) is 18.9 Å². The Morgan fingerprint density at radius 1 is 1.07 bits per heavy atom. The molecule has 3 rings (SSSR count). The largest absolute Gasteiger partial charge is 0.373 e. The average molecular weight is 363 g/mol. The van der Waals surface area contributed by atoms with Crippen molar-refractivity contribution in [3.8, 4) is 0 Å². The first kappa shape index (κ1) is 18.7. The average Bonchev–Trinajstić information content (AvgIpc) is 3.51. The lowest BCUT2D eigenvalue weighted by Crippen LogP contribution is -2.31. The maximum absolute atomic E-state index is 12.0. The molecule has 0 bridgehead atoms. The van der Waals surface area contributed by atoms with E-state index in [1.54, 1.807) is 18.2 Å². The quantitative estimate of drug-likeness (QED) is 0.709. The topological polar surface area (TPSA) is 61.4 Å². The summed E-state index contributed by atoms with van der Waals surface area (Å²) in [6.45, 7) is 1.29. The number of amides is 2. The number of hydrogen-bond donors (Lipinski definition) is 2. The molecular formula is C22H25N3O2. The van der Waals surface area contributed by atoms with Gasteiger partial charge < -0.3 is 15.5 Å². The maximum Gasteiger partial charge on any atom is 0.251 e. The standard InChI is InChI=1S/C22H25N3O2/c1-25(20-5-3-2-4-6-20)16-15-23-21(26)14-9-17-7-10-18(11-8-17)22(27)24-19-12-13-19/h2-11,14,19H,12-13,15-16H2,1H3,(H,23,26)(H,24,27)/b14-9+. The molecule has 1 aliphatic carbocycles. The number of rotatable bonds is 8. The number of nitrogens with zero attached hydrogens (tertiary/aromatic N) is 1. The third kappa shape index (κ3) is 5.99. The molecule has 5 nitrogen and oxygen atoms in total. The summed E-state index contributed by atoms with van der Waals surface area (Å²) in [7, 11) is 2.00. The van der Waals surface area contributed by atoms with Crippen LogP contribution in [0.4, 0.5) is 5.69 Å². The minimum atomic E-state index is -0.132. The van der Waals surface area contributed by atoms with Gasteiger partial charge in [-0.05, 0) is 48.7 Å². The van der Waals surface area contributed by atoms with Crippen molar-refractivity contribution in [3.05, 3.63) is 71.8 Å². The van der Waals surface area contributed by atoms with Crippen molar-refractivity contribution in [1.29, 1.82) is 0 Å². The number of hydrogen-bond acceptors (Lipinski definition) is 3. The zero-order chi connectivity index (χ0) is 19.1. The van der Waals surface area contributed by atoms with E-state index in [1.807, 2.05) is 49.5 Å². The molecule has 1 fully saturated rings. The van der Waals surface area contributed by atoms with Gasteiger partial charge in [-0.1, -0.05) is 30.3 Å². The lowest BCUT2D eigenvalue weighted by atomic mass is 10.1. The molecule has 5 heteroatoms. The zero-order valence-electron chi connectivity index (χ0n) is 15.5. The molecule has 2 aromatic rings. The summed E-state index contributed by atoms with van der Waals surface area (Å²) in [4.78, 5) is 26.0. The van der Waals surface area contributed by atoms with Gasteiger partial charge in [0.05, 0.1) is 0 Å². The third-order valence-electron chi connectivity index (χ3n) is 4.46. The van der Waals surface area contributed by atoms with E-state index in [1.165, 1.54) is 6.08 Å². The molecule has 1 aliphatic rings. The lowest BCUT2D eigenvalue weighted by Gasteiger charge is -2.19. The summed E-state index contributed by atoms with van der Waals surface area (Å²) in [6, 6.07) is 17.6. The number of anilines is 1. The Balaban J connectivity index is 1.42. The second-order valence-electron chi connectivity index (χ2n) is 6.75. The molecule has 2 aromatic carbocycles. The number of carbonyl (C=O) groups excluding carboxylic acids is 2. The Kier molecular flexibility index (Phi) is 6.26. The van der Waals surface area contributed by atoms with E-state index in [2.05, 4.69) is 15.5 Å². The minimum Gasteiger partial charge on any atom is -0.373 e. The number of para-hydroxylation sites is 1. The number of nitrogens with one attached hydrogen (secondary N) is 2. The maximum atomic E-state index is 12.0. The van der Waals surface area contributed by atoms with Crippen LogP contribution in [0.3, 0.4) is 0 Å². The second kappa shape index (κ2) is 9.03. The van der Waals surface area contributed by atoms with Crippen LogP contribution in [-0.4, -0.2) is 38.0 Å². The van der Waals surface area contributed by atoms with Gasteiger partial charge in [0.15, 0.2) is 0 Å². The SMILES string of the molecule is CN(CCNC(=O)/C=C/c1ccc(C(=O)NC2CC2)cc1)c1ccccc1. The Morgan fingerprint density at radius 3 is 2.44 bits per heavy atom. The molecule has 0 unspecified atom stereocenters. The van der Waals surface area contributed by atoms with Crippen LogP contribution < -0.4 is 15.5 Å². The van der Waals surface area contributed by atoms with E-state index in [-0.39, 0.29) is 11.8 Å². The van der Waals surface area contributed by atoms with E-state index in [4.69, 9.17) is 0 Å². The Labute approximate surface area is 160 Å². The van der Waals surface area contributed by atoms with Gasteiger partial charge in [-0.2, -0.15) is 0 Å². The fourth-order valence-corrected chi connectivity index (χ4v) is 2.63. The Bertz CT molecular complexity index is 796. The summed E-state index contributed by atoms with van der Waals surface area (Å²) in [6.07, 6.45) is 5.41. The van der Waals surface area contributed by atoms with Crippen LogP contribution in [0.2, 0.25) is 0 Å². The summed E-state index contributed by atoms with van der Waals surface area (Å²) in [5.74, 6) is -0.166. The predicted octanol–water partition coefficient (Wildman–Crippen LogP) is 2.84. The summed E-state index contributed by atoms with van der Waals surface area (Å²) < 4.78 is 0. The number of likely N-dealkylation sites (N-methyl/N-ethyl adjacent to an activating group) is 1. The van der Waals surface area contributed by atoms with Crippen molar-refractivity contribution in [2.24, 2.45) is 0 Å². The smallest absolute Gasteiger partial charge is 0.251 e. The van der Waals surface area contributed by atoms with Gasteiger partial charge >= 0.3 is 0 Å². The first-order valence-corrected chi connectivity index (χ1v) is 9.25. The van der Waals surface area contributed by atoms with Crippen molar-refractivity contribution >= 4 is 23.6 Å². The predicted molar refractivity (Wildman–Crippen MR) is 109 cm³/mol. The van der Waals surface area contributed by atoms with Crippen molar-refractivity contribution in [3.63, 3.8) is 0 Å². The van der Waals surface area contributed by atoms with Gasteiger partial charge in [0.2, 0.25) is 5.91 Å². The second-order valence-corrected chi connectivity index (χ2v) is 6.75. The summed E-state index contributed by atoms with van der Waals surface area (Å²) >= 11 is 0. The van der Waals surface area contributed by atoms with E-state index < -0.39 is 0 Å². The summed E-state index contributed by atoms with van der Waals surface area (Å²) in [5.41, 5.74) is 2.65. The molecule has 0 aromatic heterocycles. The van der Waals surface area contributed by atoms with Gasteiger partial charge in [-0.15, -0.1) is 0 Å². The van der Waals surface area contributed by atoms with Crippen LogP contribution in [0.5, 0.6) is 0 Å². The highest BCUT2D eigenvalue weighted by Crippen LogP contribution is 2.19. The van der Waals surface area contributed by atoms with Crippen LogP contribution in [-0.2, 0) is 4.79 Å². The molecule has 2 amide bonds. The minimum absolute atomic E-state index is 0.0340. The third-order valence-corrected chi connectivity index (χ3v) is 4.46. The first-order chi connectivity index (χ1) is 13.1. The molecule has 27 heavy (non-hydrogen) atoms. The van der Waals surface area contributed by atoms with Crippen molar-refractivity contribution in [1.82, 2.24) is 10.6 Å². The van der Waals surface area contributed by atoms with E-state index in [9.17, 15) is 9.59 Å². The van der Waals surface area contributed by atoms with Crippen LogP contribution in [0, 0.1) is 0 Å². The van der Waals surface area contributed by atoms with Crippen LogP contribution in [0.1, 0.15) is 28.8 Å². The molecule has 0 aliphatic heterocycles. The van der Waals surface area contributed by atoms with E-state index >= 15 is 0 Å². The molecule has 2 N–H and O–H groups in total. The van der Waals surface area contributed by atoms with Gasteiger partial charge in [0, 0.05) is 43.5 Å². The zero-order valence-corrected chi connectivity index (χ0v) is 15.5. The highest BCUT2D eigenvalue weighted by atomic mass is 16.2. The highest BCUT2D eigenvalue weighted by Gasteiger charge is 2.23. The van der Waals surface area contributed by atoms with E-state index in [0.717, 1.165) is 30.6 Å². The van der Waals surface area contributed by atoms with Gasteiger partial charge in [-0.3, -0.25) is 9.59 Å². The molecular weight excluding hydrogens is 338 g/mol. The molecule has 1 saturated carbocycles. The molecule has 0 spiro atoms. The molecule has 0 atom stereocenters. The van der Waals surface area contributed by atoms with Crippen LogP contribution in [0.25, 0.3) is 6.08 Å². The van der Waals surface area contributed by atoms with Gasteiger partial charge in [0.25, 0.3) is 5.91 Å². The first-order valence-electron chi connectivity index (χ1n) is 9.25. The van der Waals surface area contributed by atoms with Gasteiger partial charge in [-0.25, -0.2) is 0 Å². The molecule has 140 valence electrons. The van der Waals surface area contributed by atoms with Gasteiger partial charge in [0.1, 0.15) is 0 Å². The molecule has 0 saturated heterocycles. The number of benzene rings is 2. The lowest BCUT2D eigenvalue weighted by molar-refractivity contribution is -0.116. The normalized spacial score (nSPS) is 13.4. The monoisotopic (exact) mass is 363 g/mol. The Hall–Kier alpha value is -3.08. The highest BCUT2D eigenvalue weighted by molar-refractivity contribution is 5.95. The van der Waals surface area contributed by atoms with Crippen LogP contribution in [0.15, 0.2) is 60.7 Å². The van der Waals surface area contributed by atoms with Crippen molar-refractivity contribution < 1.29 is 9.59 Å². The molecule has 0 radical (unpaired) electrons. The fraction of sp³-hybridized carbons (Fsp3) is 0.273. The number of carbonyl (C=O) groups is 2. The fourth-order valence-electron chi connectivity index (χ4n) is 2.63. The Morgan fingerprint density at radius 2 is 1.78 bits per heavy atom. The van der Waals surface area contributed by atoms with Crippen molar-refractivity contribution in [2.75, 3.05) is 25.0 Å².